The van der Waals surface area contributed by atoms with Crippen LogP contribution in [0.15, 0.2) is 42.9 Å². The second-order valence-electron chi connectivity index (χ2n) is 6.31. The fourth-order valence-corrected chi connectivity index (χ4v) is 3.26. The van der Waals surface area contributed by atoms with Crippen LogP contribution in [0.4, 0.5) is 18.9 Å². The highest BCUT2D eigenvalue weighted by molar-refractivity contribution is 5.92. The predicted octanol–water partition coefficient (Wildman–Crippen LogP) is 3.57. The molecule has 5 nitrogen and oxygen atoms in total. The van der Waals surface area contributed by atoms with Crippen molar-refractivity contribution in [3.05, 3.63) is 54.0 Å². The third-order valence-corrected chi connectivity index (χ3v) is 4.55. The summed E-state index contributed by atoms with van der Waals surface area (Å²) >= 11 is 0. The zero-order chi connectivity index (χ0) is 18.3. The molecule has 0 saturated carbocycles. The van der Waals surface area contributed by atoms with Crippen molar-refractivity contribution in [1.82, 2.24) is 14.8 Å². The Balaban J connectivity index is 1.67. The Kier molecular flexibility index (Phi) is 4.07. The Labute approximate surface area is 148 Å². The molecule has 3 aromatic rings. The number of hydrogen-bond acceptors (Lipinski definition) is 4. The van der Waals surface area contributed by atoms with Crippen LogP contribution in [0.2, 0.25) is 0 Å². The van der Waals surface area contributed by atoms with Gasteiger partial charge in [-0.2, -0.15) is 18.3 Å². The van der Waals surface area contributed by atoms with Gasteiger partial charge in [0.25, 0.3) is 0 Å². The number of ether oxygens (including phenoxy) is 1. The van der Waals surface area contributed by atoms with Crippen LogP contribution in [-0.2, 0) is 18.0 Å². The number of anilines is 1. The van der Waals surface area contributed by atoms with E-state index in [1.165, 1.54) is 6.07 Å². The summed E-state index contributed by atoms with van der Waals surface area (Å²) in [5, 5.41) is 4.88. The van der Waals surface area contributed by atoms with E-state index >= 15 is 0 Å². The molecule has 0 aliphatic carbocycles. The van der Waals surface area contributed by atoms with Gasteiger partial charge >= 0.3 is 6.18 Å². The molecule has 1 fully saturated rings. The van der Waals surface area contributed by atoms with E-state index in [2.05, 4.69) is 15.0 Å². The summed E-state index contributed by atoms with van der Waals surface area (Å²) in [5.74, 6) is 0. The lowest BCUT2D eigenvalue weighted by Gasteiger charge is -2.34. The van der Waals surface area contributed by atoms with E-state index in [4.69, 9.17) is 4.74 Å². The number of pyridine rings is 1. The number of alkyl halides is 3. The number of aryl methyl sites for hydroxylation is 1. The van der Waals surface area contributed by atoms with Crippen molar-refractivity contribution in [1.29, 1.82) is 0 Å². The zero-order valence-electron chi connectivity index (χ0n) is 14.1. The lowest BCUT2D eigenvalue weighted by Crippen LogP contribution is -2.38. The van der Waals surface area contributed by atoms with E-state index in [1.807, 2.05) is 19.3 Å². The Morgan fingerprint density at radius 2 is 2.08 bits per heavy atom. The zero-order valence-corrected chi connectivity index (χ0v) is 14.1. The van der Waals surface area contributed by atoms with Crippen LogP contribution in [0, 0.1) is 0 Å². The van der Waals surface area contributed by atoms with E-state index in [9.17, 15) is 13.2 Å². The molecule has 2 aromatic heterocycles. The van der Waals surface area contributed by atoms with Crippen molar-refractivity contribution in [3.63, 3.8) is 0 Å². The normalized spacial score (nSPS) is 18.5. The lowest BCUT2D eigenvalue weighted by molar-refractivity contribution is -0.137. The van der Waals surface area contributed by atoms with Crippen LogP contribution in [0.25, 0.3) is 10.9 Å². The quantitative estimate of drug-likeness (QED) is 0.699. The average molecular weight is 362 g/mol. The van der Waals surface area contributed by atoms with E-state index in [1.54, 1.807) is 17.1 Å². The van der Waals surface area contributed by atoms with Gasteiger partial charge < -0.3 is 9.64 Å². The van der Waals surface area contributed by atoms with Crippen molar-refractivity contribution in [2.24, 2.45) is 7.05 Å². The molecule has 1 unspecified atom stereocenters. The van der Waals surface area contributed by atoms with Gasteiger partial charge in [-0.1, -0.05) is 6.07 Å². The summed E-state index contributed by atoms with van der Waals surface area (Å²) in [5.41, 5.74) is 1.49. The number of nitrogens with zero attached hydrogens (tertiary/aromatic N) is 4. The summed E-state index contributed by atoms with van der Waals surface area (Å²) in [6.45, 7) is 1.80. The number of hydrogen-bond donors (Lipinski definition) is 0. The molecule has 26 heavy (non-hydrogen) atoms. The van der Waals surface area contributed by atoms with Crippen LogP contribution < -0.4 is 4.90 Å². The van der Waals surface area contributed by atoms with Gasteiger partial charge in [0.15, 0.2) is 0 Å². The molecule has 1 aliphatic heterocycles. The van der Waals surface area contributed by atoms with Gasteiger partial charge in [-0.15, -0.1) is 0 Å². The first-order valence-electron chi connectivity index (χ1n) is 8.23. The second-order valence-corrected chi connectivity index (χ2v) is 6.31. The largest absolute Gasteiger partial charge is 0.416 e. The van der Waals surface area contributed by atoms with Crippen LogP contribution in [-0.4, -0.2) is 34.5 Å². The number of benzene rings is 1. The molecule has 0 spiro atoms. The first-order valence-corrected chi connectivity index (χ1v) is 8.23. The van der Waals surface area contributed by atoms with Crippen molar-refractivity contribution < 1.29 is 17.9 Å². The van der Waals surface area contributed by atoms with Gasteiger partial charge in [-0.05, 0) is 18.2 Å². The van der Waals surface area contributed by atoms with Crippen molar-refractivity contribution in [2.75, 3.05) is 24.6 Å². The maximum Gasteiger partial charge on any atom is 0.416 e. The van der Waals surface area contributed by atoms with Gasteiger partial charge in [-0.25, -0.2) is 0 Å². The van der Waals surface area contributed by atoms with E-state index in [0.717, 1.165) is 23.4 Å². The number of morpholine rings is 1. The minimum Gasteiger partial charge on any atom is -0.370 e. The highest BCUT2D eigenvalue weighted by atomic mass is 19.4. The van der Waals surface area contributed by atoms with E-state index in [-0.39, 0.29) is 6.10 Å². The molecule has 136 valence electrons. The molecule has 1 atom stereocenters. The molecule has 8 heteroatoms. The van der Waals surface area contributed by atoms with Gasteiger partial charge in [0, 0.05) is 49.2 Å². The smallest absolute Gasteiger partial charge is 0.370 e. The molecule has 0 bridgehead atoms. The summed E-state index contributed by atoms with van der Waals surface area (Å²) in [6, 6.07) is 5.53. The topological polar surface area (TPSA) is 43.2 Å². The minimum atomic E-state index is -4.38. The molecule has 0 N–H and O–H groups in total. The van der Waals surface area contributed by atoms with E-state index < -0.39 is 11.7 Å². The second kappa shape index (κ2) is 6.28. The molecular formula is C18H17F3N4O. The van der Waals surface area contributed by atoms with Crippen molar-refractivity contribution >= 4 is 16.6 Å². The van der Waals surface area contributed by atoms with Crippen LogP contribution in [0.1, 0.15) is 17.2 Å². The fraction of sp³-hybridized carbons (Fsp3) is 0.333. The molecule has 0 amide bonds. The molecule has 1 saturated heterocycles. The van der Waals surface area contributed by atoms with Crippen LogP contribution in [0.5, 0.6) is 0 Å². The summed E-state index contributed by atoms with van der Waals surface area (Å²) in [4.78, 5) is 6.24. The predicted molar refractivity (Wildman–Crippen MR) is 90.9 cm³/mol. The number of aromatic nitrogens is 3. The Bertz CT molecular complexity index is 938. The van der Waals surface area contributed by atoms with Gasteiger partial charge in [0.2, 0.25) is 0 Å². The molecule has 0 radical (unpaired) electrons. The maximum absolute atomic E-state index is 12.9. The summed E-state index contributed by atoms with van der Waals surface area (Å²) in [7, 11) is 1.85. The van der Waals surface area contributed by atoms with Crippen molar-refractivity contribution in [2.45, 2.75) is 12.3 Å². The lowest BCUT2D eigenvalue weighted by atomic mass is 10.1. The number of halogens is 3. The Hall–Kier alpha value is -2.61. The Morgan fingerprint density at radius 1 is 1.23 bits per heavy atom. The van der Waals surface area contributed by atoms with Gasteiger partial charge in [-0.3, -0.25) is 9.67 Å². The average Bonchev–Trinajstić information content (AvgIpc) is 3.06. The highest BCUT2D eigenvalue weighted by Crippen LogP contribution is 2.35. The standard InChI is InChI=1S/C18H17F3N4O/c1-24-10-12(9-23-24)17-11-25(6-7-26-17)16-4-5-22-15-8-13(18(19,20)21)2-3-14(15)16/h2-5,8-10,17H,6-7,11H2,1H3. The first kappa shape index (κ1) is 16.8. The SMILES string of the molecule is Cn1cc(C2CN(c3ccnc4cc(C(F)(F)F)ccc34)CCO2)cn1. The number of rotatable bonds is 2. The maximum atomic E-state index is 12.9. The fourth-order valence-electron chi connectivity index (χ4n) is 3.26. The molecule has 3 heterocycles. The summed E-state index contributed by atoms with van der Waals surface area (Å²) in [6.07, 6.45) is 0.723. The highest BCUT2D eigenvalue weighted by Gasteiger charge is 2.31. The molecule has 4 rings (SSSR count). The molecular weight excluding hydrogens is 345 g/mol. The van der Waals surface area contributed by atoms with Crippen LogP contribution in [0.3, 0.4) is 0 Å². The van der Waals surface area contributed by atoms with Gasteiger partial charge in [0.1, 0.15) is 6.10 Å². The third kappa shape index (κ3) is 3.12. The molecule has 1 aromatic carbocycles. The third-order valence-electron chi connectivity index (χ3n) is 4.55. The summed E-state index contributed by atoms with van der Waals surface area (Å²) < 4.78 is 46.4. The van der Waals surface area contributed by atoms with Crippen LogP contribution >= 0.6 is 0 Å². The monoisotopic (exact) mass is 362 g/mol. The molecule has 1 aliphatic rings. The van der Waals surface area contributed by atoms with Gasteiger partial charge in [0.05, 0.1) is 23.9 Å². The van der Waals surface area contributed by atoms with E-state index in [0.29, 0.717) is 30.6 Å². The number of fused-ring (bicyclic) bond motifs is 1. The van der Waals surface area contributed by atoms with Crippen molar-refractivity contribution in [3.8, 4) is 0 Å². The Morgan fingerprint density at radius 3 is 2.81 bits per heavy atom. The minimum absolute atomic E-state index is 0.130. The first-order chi connectivity index (χ1) is 12.4.